The van der Waals surface area contributed by atoms with E-state index in [1.165, 1.54) is 5.56 Å². The van der Waals surface area contributed by atoms with Crippen molar-refractivity contribution < 1.29 is 14.7 Å². The first-order valence-electron chi connectivity index (χ1n) is 8.50. The van der Waals surface area contributed by atoms with E-state index in [0.29, 0.717) is 12.8 Å². The van der Waals surface area contributed by atoms with Crippen LogP contribution in [0, 0.1) is 0 Å². The van der Waals surface area contributed by atoms with Gasteiger partial charge in [-0.05, 0) is 23.0 Å². The van der Waals surface area contributed by atoms with E-state index in [-0.39, 0.29) is 17.7 Å². The lowest BCUT2D eigenvalue weighted by Gasteiger charge is -2.25. The minimum absolute atomic E-state index is 0.117. The third kappa shape index (κ3) is 5.75. The maximum absolute atomic E-state index is 12.4. The zero-order valence-electron chi connectivity index (χ0n) is 14.7. The van der Waals surface area contributed by atoms with Crippen LogP contribution in [-0.2, 0) is 15.0 Å². The van der Waals surface area contributed by atoms with Gasteiger partial charge >= 0.3 is 5.97 Å². The van der Waals surface area contributed by atoms with Gasteiger partial charge in [-0.25, -0.2) is 0 Å². The molecule has 25 heavy (non-hydrogen) atoms. The normalized spacial score (nSPS) is 12.4. The van der Waals surface area contributed by atoms with Crippen molar-refractivity contribution in [2.75, 3.05) is 0 Å². The van der Waals surface area contributed by atoms with Gasteiger partial charge in [-0.3, -0.25) is 9.59 Å². The van der Waals surface area contributed by atoms with Gasteiger partial charge in [0.2, 0.25) is 5.91 Å². The van der Waals surface area contributed by atoms with Crippen molar-refractivity contribution >= 4 is 11.9 Å². The van der Waals surface area contributed by atoms with Crippen LogP contribution < -0.4 is 5.32 Å². The van der Waals surface area contributed by atoms with Gasteiger partial charge in [-0.1, -0.05) is 74.5 Å². The second-order valence-corrected chi connectivity index (χ2v) is 6.88. The molecule has 2 aromatic rings. The first-order valence-corrected chi connectivity index (χ1v) is 8.50. The van der Waals surface area contributed by atoms with Crippen molar-refractivity contribution in [3.8, 4) is 0 Å². The highest BCUT2D eigenvalue weighted by atomic mass is 16.4. The van der Waals surface area contributed by atoms with Crippen molar-refractivity contribution in [3.63, 3.8) is 0 Å². The van der Waals surface area contributed by atoms with Crippen molar-refractivity contribution in [2.24, 2.45) is 0 Å². The van der Waals surface area contributed by atoms with E-state index in [1.807, 2.05) is 48.5 Å². The Morgan fingerprint density at radius 1 is 1.00 bits per heavy atom. The molecule has 0 bridgehead atoms. The van der Waals surface area contributed by atoms with E-state index in [0.717, 1.165) is 5.56 Å². The van der Waals surface area contributed by atoms with Crippen LogP contribution in [0.4, 0.5) is 0 Å². The van der Waals surface area contributed by atoms with Crippen molar-refractivity contribution in [1.29, 1.82) is 0 Å². The molecule has 1 atom stereocenters. The summed E-state index contributed by atoms with van der Waals surface area (Å²) in [5.41, 5.74) is 1.88. The predicted molar refractivity (Wildman–Crippen MR) is 98.3 cm³/mol. The van der Waals surface area contributed by atoms with Crippen LogP contribution in [0.1, 0.15) is 50.3 Å². The third-order valence-electron chi connectivity index (χ3n) is 4.45. The van der Waals surface area contributed by atoms with Gasteiger partial charge in [0.1, 0.15) is 0 Å². The quantitative estimate of drug-likeness (QED) is 0.761. The first-order chi connectivity index (χ1) is 11.9. The number of hydrogen-bond acceptors (Lipinski definition) is 2. The van der Waals surface area contributed by atoms with E-state index in [1.54, 1.807) is 0 Å². The average Bonchev–Trinajstić information content (AvgIpc) is 2.61. The number of carboxylic acids is 1. The number of nitrogens with one attached hydrogen (secondary N) is 1. The molecular formula is C21H25NO3. The Morgan fingerprint density at radius 2 is 1.56 bits per heavy atom. The summed E-state index contributed by atoms with van der Waals surface area (Å²) in [5.74, 6) is -1.06. The zero-order chi connectivity index (χ0) is 18.3. The Bertz CT molecular complexity index is 696. The molecule has 0 aliphatic carbocycles. The molecule has 0 spiro atoms. The standard InChI is InChI=1S/C21H25NO3/c1-21(2,17-11-7-4-8-12-17)14-13-19(23)22-18(15-20(24)25)16-9-5-3-6-10-16/h3-12,18H,13-15H2,1-2H3,(H,22,23)(H,24,25). The lowest BCUT2D eigenvalue weighted by molar-refractivity contribution is -0.137. The van der Waals surface area contributed by atoms with E-state index in [9.17, 15) is 9.59 Å². The summed E-state index contributed by atoms with van der Waals surface area (Å²) in [6.45, 7) is 4.23. The minimum Gasteiger partial charge on any atom is -0.481 e. The van der Waals surface area contributed by atoms with Gasteiger partial charge in [0.15, 0.2) is 0 Å². The number of amides is 1. The van der Waals surface area contributed by atoms with Crippen LogP contribution in [-0.4, -0.2) is 17.0 Å². The first kappa shape index (κ1) is 18.7. The highest BCUT2D eigenvalue weighted by Crippen LogP contribution is 2.28. The molecule has 0 saturated heterocycles. The molecule has 4 nitrogen and oxygen atoms in total. The molecule has 0 fully saturated rings. The smallest absolute Gasteiger partial charge is 0.305 e. The second-order valence-electron chi connectivity index (χ2n) is 6.88. The van der Waals surface area contributed by atoms with Crippen LogP contribution in [0.15, 0.2) is 60.7 Å². The molecule has 1 amide bonds. The number of benzene rings is 2. The van der Waals surface area contributed by atoms with Gasteiger partial charge in [0.05, 0.1) is 12.5 Å². The van der Waals surface area contributed by atoms with E-state index < -0.39 is 12.0 Å². The maximum Gasteiger partial charge on any atom is 0.305 e. The molecule has 2 aromatic carbocycles. The summed E-state index contributed by atoms with van der Waals surface area (Å²) < 4.78 is 0. The Morgan fingerprint density at radius 3 is 2.12 bits per heavy atom. The molecular weight excluding hydrogens is 314 g/mol. The van der Waals surface area contributed by atoms with Gasteiger partial charge in [-0.2, -0.15) is 0 Å². The molecule has 0 aliphatic rings. The highest BCUT2D eigenvalue weighted by molar-refractivity contribution is 5.77. The fourth-order valence-corrected chi connectivity index (χ4v) is 2.84. The fourth-order valence-electron chi connectivity index (χ4n) is 2.84. The zero-order valence-corrected chi connectivity index (χ0v) is 14.7. The number of carbonyl (C=O) groups is 2. The number of hydrogen-bond donors (Lipinski definition) is 2. The maximum atomic E-state index is 12.4. The number of carbonyl (C=O) groups excluding carboxylic acids is 1. The Kier molecular flexibility index (Phi) is 6.34. The summed E-state index contributed by atoms with van der Waals surface area (Å²) in [6.07, 6.45) is 0.917. The Balaban J connectivity index is 1.98. The number of aliphatic carboxylic acids is 1. The fraction of sp³-hybridized carbons (Fsp3) is 0.333. The average molecular weight is 339 g/mol. The molecule has 0 aliphatic heterocycles. The minimum atomic E-state index is -0.932. The number of carboxylic acid groups (broad SMARTS) is 1. The topological polar surface area (TPSA) is 66.4 Å². The predicted octanol–water partition coefficient (Wildman–Crippen LogP) is 4.08. The van der Waals surface area contributed by atoms with Crippen LogP contribution in [0.25, 0.3) is 0 Å². The van der Waals surface area contributed by atoms with Crippen LogP contribution in [0.5, 0.6) is 0 Å². The lowest BCUT2D eigenvalue weighted by Crippen LogP contribution is -2.31. The van der Waals surface area contributed by atoms with Crippen LogP contribution in [0.3, 0.4) is 0 Å². The molecule has 132 valence electrons. The molecule has 2 rings (SSSR count). The summed E-state index contributed by atoms with van der Waals surface area (Å²) in [6, 6.07) is 18.8. The third-order valence-corrected chi connectivity index (χ3v) is 4.45. The SMILES string of the molecule is CC(C)(CCC(=O)NC(CC(=O)O)c1ccccc1)c1ccccc1. The summed E-state index contributed by atoms with van der Waals surface area (Å²) in [7, 11) is 0. The molecule has 4 heteroatoms. The summed E-state index contributed by atoms with van der Waals surface area (Å²) >= 11 is 0. The van der Waals surface area contributed by atoms with Gasteiger partial charge in [-0.15, -0.1) is 0 Å². The van der Waals surface area contributed by atoms with Crippen LogP contribution in [0.2, 0.25) is 0 Å². The Labute approximate surface area is 148 Å². The molecule has 1 unspecified atom stereocenters. The van der Waals surface area contributed by atoms with Crippen molar-refractivity contribution in [2.45, 2.75) is 44.6 Å². The highest BCUT2D eigenvalue weighted by Gasteiger charge is 2.23. The summed E-state index contributed by atoms with van der Waals surface area (Å²) in [4.78, 5) is 23.5. The molecule has 0 heterocycles. The van der Waals surface area contributed by atoms with Crippen LogP contribution >= 0.6 is 0 Å². The van der Waals surface area contributed by atoms with Gasteiger partial charge in [0.25, 0.3) is 0 Å². The van der Waals surface area contributed by atoms with E-state index in [4.69, 9.17) is 5.11 Å². The lowest BCUT2D eigenvalue weighted by atomic mass is 9.80. The molecule has 2 N–H and O–H groups in total. The number of rotatable bonds is 8. The molecule has 0 aromatic heterocycles. The van der Waals surface area contributed by atoms with Gasteiger partial charge < -0.3 is 10.4 Å². The Hall–Kier alpha value is -2.62. The van der Waals surface area contributed by atoms with Crippen molar-refractivity contribution in [1.82, 2.24) is 5.32 Å². The second kappa shape index (κ2) is 8.47. The van der Waals surface area contributed by atoms with E-state index in [2.05, 4.69) is 31.3 Å². The van der Waals surface area contributed by atoms with Gasteiger partial charge in [0, 0.05) is 6.42 Å². The monoisotopic (exact) mass is 339 g/mol. The van der Waals surface area contributed by atoms with Crippen molar-refractivity contribution in [3.05, 3.63) is 71.8 Å². The summed E-state index contributed by atoms with van der Waals surface area (Å²) in [5, 5.41) is 12.0. The molecule has 0 radical (unpaired) electrons. The van der Waals surface area contributed by atoms with E-state index >= 15 is 0 Å². The largest absolute Gasteiger partial charge is 0.481 e. The molecule has 0 saturated carbocycles.